The molecule has 0 atom stereocenters. The van der Waals surface area contributed by atoms with E-state index in [-0.39, 0.29) is 5.54 Å². The first-order valence-electron chi connectivity index (χ1n) is 4.44. The summed E-state index contributed by atoms with van der Waals surface area (Å²) in [5, 5.41) is 0. The van der Waals surface area contributed by atoms with Crippen LogP contribution in [0.1, 0.15) is 40.0 Å². The number of amides is 1. The molecule has 1 amide bonds. The van der Waals surface area contributed by atoms with Crippen LogP contribution in [0.25, 0.3) is 0 Å². The molecule has 0 bridgehead atoms. The summed E-state index contributed by atoms with van der Waals surface area (Å²) < 4.78 is 0. The number of nitrogens with zero attached hydrogens (tertiary/aromatic N) is 1. The molecule has 0 aromatic carbocycles. The first-order chi connectivity index (χ1) is 5.14. The molecule has 1 fully saturated rings. The van der Waals surface area contributed by atoms with E-state index in [2.05, 4.69) is 13.8 Å². The van der Waals surface area contributed by atoms with Crippen LogP contribution in [0.2, 0.25) is 0 Å². The molecule has 1 aliphatic carbocycles. The van der Waals surface area contributed by atoms with Crippen LogP contribution < -0.4 is 0 Å². The van der Waals surface area contributed by atoms with Gasteiger partial charge in [0.15, 0.2) is 0 Å². The van der Waals surface area contributed by atoms with Gasteiger partial charge in [-0.2, -0.15) is 0 Å². The Morgan fingerprint density at radius 1 is 1.45 bits per heavy atom. The molecule has 0 aromatic rings. The highest BCUT2D eigenvalue weighted by Crippen LogP contribution is 2.41. The maximum absolute atomic E-state index is 11.4. The number of rotatable bonds is 3. The lowest BCUT2D eigenvalue weighted by molar-refractivity contribution is -0.133. The molecule has 0 aromatic heterocycles. The lowest BCUT2D eigenvalue weighted by atomic mass is 10.2. The van der Waals surface area contributed by atoms with E-state index in [9.17, 15) is 4.79 Å². The predicted octanol–water partition coefficient (Wildman–Crippen LogP) is 1.80. The van der Waals surface area contributed by atoms with Crippen LogP contribution in [0.5, 0.6) is 0 Å². The monoisotopic (exact) mass is 155 g/mol. The van der Waals surface area contributed by atoms with Gasteiger partial charge in [0, 0.05) is 18.5 Å². The van der Waals surface area contributed by atoms with Gasteiger partial charge >= 0.3 is 0 Å². The lowest BCUT2D eigenvalue weighted by Crippen LogP contribution is -2.39. The smallest absolute Gasteiger partial charge is 0.222 e. The van der Waals surface area contributed by atoms with Crippen LogP contribution >= 0.6 is 0 Å². The maximum atomic E-state index is 11.4. The van der Waals surface area contributed by atoms with E-state index in [1.165, 1.54) is 12.8 Å². The first kappa shape index (κ1) is 8.57. The van der Waals surface area contributed by atoms with E-state index in [4.69, 9.17) is 0 Å². The number of hydrogen-bond donors (Lipinski definition) is 0. The fraction of sp³-hybridized carbons (Fsp3) is 0.889. The normalized spacial score (nSPS) is 19.5. The third-order valence-corrected chi connectivity index (χ3v) is 2.54. The van der Waals surface area contributed by atoms with Gasteiger partial charge in [-0.25, -0.2) is 0 Å². The van der Waals surface area contributed by atoms with Gasteiger partial charge in [0.25, 0.3) is 0 Å². The Labute approximate surface area is 68.6 Å². The molecule has 0 heterocycles. The minimum Gasteiger partial charge on any atom is -0.338 e. The van der Waals surface area contributed by atoms with Crippen molar-refractivity contribution in [1.29, 1.82) is 0 Å². The molecule has 1 saturated carbocycles. The summed E-state index contributed by atoms with van der Waals surface area (Å²) in [6, 6.07) is 0. The average molecular weight is 155 g/mol. The summed E-state index contributed by atoms with van der Waals surface area (Å²) in [6.07, 6.45) is 3.02. The predicted molar refractivity (Wildman–Crippen MR) is 45.3 cm³/mol. The van der Waals surface area contributed by atoms with Crippen molar-refractivity contribution in [2.75, 3.05) is 6.54 Å². The summed E-state index contributed by atoms with van der Waals surface area (Å²) in [5.41, 5.74) is 0.224. The summed E-state index contributed by atoms with van der Waals surface area (Å²) in [4.78, 5) is 13.4. The Balaban J connectivity index is 2.56. The first-order valence-corrected chi connectivity index (χ1v) is 4.44. The molecule has 0 unspecified atom stereocenters. The minimum atomic E-state index is 0.224. The van der Waals surface area contributed by atoms with Crippen LogP contribution in [0.15, 0.2) is 0 Å². The van der Waals surface area contributed by atoms with Crippen molar-refractivity contribution >= 4 is 5.91 Å². The molecule has 0 radical (unpaired) electrons. The maximum Gasteiger partial charge on any atom is 0.222 e. The van der Waals surface area contributed by atoms with Gasteiger partial charge in [0.1, 0.15) is 0 Å². The van der Waals surface area contributed by atoms with Crippen LogP contribution in [0, 0.1) is 0 Å². The topological polar surface area (TPSA) is 20.3 Å². The van der Waals surface area contributed by atoms with Crippen LogP contribution in [-0.4, -0.2) is 22.9 Å². The van der Waals surface area contributed by atoms with Crippen LogP contribution in [-0.2, 0) is 4.79 Å². The molecule has 0 N–H and O–H groups in total. The second-order valence-corrected chi connectivity index (χ2v) is 3.49. The molecule has 0 spiro atoms. The molecular formula is C9H17NO. The quantitative estimate of drug-likeness (QED) is 0.608. The largest absolute Gasteiger partial charge is 0.338 e. The third kappa shape index (κ3) is 1.55. The molecule has 1 aliphatic rings. The second-order valence-electron chi connectivity index (χ2n) is 3.49. The van der Waals surface area contributed by atoms with E-state index in [1.807, 2.05) is 11.8 Å². The van der Waals surface area contributed by atoms with Crippen molar-refractivity contribution in [3.05, 3.63) is 0 Å². The van der Waals surface area contributed by atoms with Gasteiger partial charge in [-0.05, 0) is 26.7 Å². The zero-order chi connectivity index (χ0) is 8.48. The average Bonchev–Trinajstić information content (AvgIpc) is 2.70. The highest BCUT2D eigenvalue weighted by atomic mass is 16.2. The Morgan fingerprint density at radius 3 is 2.27 bits per heavy atom. The van der Waals surface area contributed by atoms with Crippen LogP contribution in [0.4, 0.5) is 0 Å². The van der Waals surface area contributed by atoms with E-state index in [1.54, 1.807) is 0 Å². The fourth-order valence-corrected chi connectivity index (χ4v) is 1.50. The fourth-order valence-electron chi connectivity index (χ4n) is 1.50. The molecule has 64 valence electrons. The molecule has 2 heteroatoms. The summed E-state index contributed by atoms with van der Waals surface area (Å²) in [6.45, 7) is 7.01. The molecule has 2 nitrogen and oxygen atoms in total. The standard InChI is InChI=1S/C9H17NO/c1-4-8(11)10(5-2)9(3)6-7-9/h4-7H2,1-3H3. The van der Waals surface area contributed by atoms with Gasteiger partial charge in [-0.1, -0.05) is 6.92 Å². The Kier molecular flexibility index (Phi) is 2.21. The van der Waals surface area contributed by atoms with Crippen molar-refractivity contribution < 1.29 is 4.79 Å². The van der Waals surface area contributed by atoms with E-state index in [0.29, 0.717) is 12.3 Å². The molecule has 11 heavy (non-hydrogen) atoms. The summed E-state index contributed by atoms with van der Waals surface area (Å²) >= 11 is 0. The minimum absolute atomic E-state index is 0.224. The zero-order valence-corrected chi connectivity index (χ0v) is 7.68. The van der Waals surface area contributed by atoms with Crippen molar-refractivity contribution in [1.82, 2.24) is 4.90 Å². The third-order valence-electron chi connectivity index (χ3n) is 2.54. The molecule has 0 aliphatic heterocycles. The molecule has 1 rings (SSSR count). The molecule has 0 saturated heterocycles. The van der Waals surface area contributed by atoms with Gasteiger partial charge in [0.05, 0.1) is 0 Å². The SMILES string of the molecule is CCC(=O)N(CC)C1(C)CC1. The Bertz CT molecular complexity index is 161. The van der Waals surface area contributed by atoms with Crippen molar-refractivity contribution in [3.63, 3.8) is 0 Å². The Morgan fingerprint density at radius 2 is 2.00 bits per heavy atom. The van der Waals surface area contributed by atoms with Crippen molar-refractivity contribution in [2.24, 2.45) is 0 Å². The van der Waals surface area contributed by atoms with E-state index >= 15 is 0 Å². The van der Waals surface area contributed by atoms with Crippen molar-refractivity contribution in [3.8, 4) is 0 Å². The van der Waals surface area contributed by atoms with E-state index < -0.39 is 0 Å². The number of carbonyl (C=O) groups is 1. The van der Waals surface area contributed by atoms with Gasteiger partial charge in [0.2, 0.25) is 5.91 Å². The van der Waals surface area contributed by atoms with Gasteiger partial charge < -0.3 is 4.90 Å². The number of hydrogen-bond acceptors (Lipinski definition) is 1. The second kappa shape index (κ2) is 2.84. The Hall–Kier alpha value is -0.530. The van der Waals surface area contributed by atoms with Crippen LogP contribution in [0.3, 0.4) is 0 Å². The highest BCUT2D eigenvalue weighted by Gasteiger charge is 2.44. The lowest BCUT2D eigenvalue weighted by Gasteiger charge is -2.27. The van der Waals surface area contributed by atoms with Gasteiger partial charge in [-0.3, -0.25) is 4.79 Å². The van der Waals surface area contributed by atoms with Crippen molar-refractivity contribution in [2.45, 2.75) is 45.6 Å². The summed E-state index contributed by atoms with van der Waals surface area (Å²) in [5.74, 6) is 0.299. The summed E-state index contributed by atoms with van der Waals surface area (Å²) in [7, 11) is 0. The van der Waals surface area contributed by atoms with Gasteiger partial charge in [-0.15, -0.1) is 0 Å². The number of carbonyl (C=O) groups excluding carboxylic acids is 1. The van der Waals surface area contributed by atoms with E-state index in [0.717, 1.165) is 6.54 Å². The molecular weight excluding hydrogens is 138 g/mol. The highest BCUT2D eigenvalue weighted by molar-refractivity contribution is 5.77. The zero-order valence-electron chi connectivity index (χ0n) is 7.68.